The lowest BCUT2D eigenvalue weighted by molar-refractivity contribution is -0.145. The van der Waals surface area contributed by atoms with E-state index in [1.807, 2.05) is 27.7 Å². The van der Waals surface area contributed by atoms with Crippen LogP contribution in [-0.2, 0) is 29.0 Å². The minimum absolute atomic E-state index is 0.0581. The van der Waals surface area contributed by atoms with E-state index in [0.29, 0.717) is 32.2 Å². The summed E-state index contributed by atoms with van der Waals surface area (Å²) in [6.45, 7) is 18.9. The average molecular weight is 720 g/mol. The van der Waals surface area contributed by atoms with Crippen molar-refractivity contribution in [2.24, 2.45) is 28.6 Å². The smallest absolute Gasteiger partial charge is 0.315 e. The van der Waals surface area contributed by atoms with Crippen LogP contribution in [0.1, 0.15) is 113 Å². The molecule has 50 heavy (non-hydrogen) atoms. The number of amides is 5. The normalized spacial score (nSPS) is 25.4. The van der Waals surface area contributed by atoms with E-state index in [9.17, 15) is 32.4 Å². The van der Waals surface area contributed by atoms with Crippen molar-refractivity contribution in [2.75, 3.05) is 18.8 Å². The molecule has 1 aliphatic heterocycles. The van der Waals surface area contributed by atoms with Crippen LogP contribution in [0.2, 0.25) is 0 Å². The van der Waals surface area contributed by atoms with Gasteiger partial charge in [0.2, 0.25) is 17.6 Å². The van der Waals surface area contributed by atoms with Gasteiger partial charge in [0.25, 0.3) is 5.91 Å². The summed E-state index contributed by atoms with van der Waals surface area (Å²) in [7, 11) is -3.57. The molecule has 0 aromatic heterocycles. The third kappa shape index (κ3) is 8.56. The summed E-state index contributed by atoms with van der Waals surface area (Å²) in [5.41, 5.74) is -1.92. The second-order valence-electron chi connectivity index (χ2n) is 17.6. The third-order valence-corrected chi connectivity index (χ3v) is 14.9. The number of fused-ring (bicyclic) bond motifs is 1. The van der Waals surface area contributed by atoms with E-state index in [2.05, 4.69) is 41.7 Å². The molecule has 282 valence electrons. The van der Waals surface area contributed by atoms with Crippen LogP contribution < -0.4 is 21.3 Å². The molecule has 0 bridgehead atoms. The first-order valence-corrected chi connectivity index (χ1v) is 20.1. The van der Waals surface area contributed by atoms with Crippen LogP contribution in [0.3, 0.4) is 0 Å². The number of likely N-dealkylation sites (tertiary alicyclic amines) is 1. The zero-order chi connectivity index (χ0) is 37.4. The Morgan fingerprint density at radius 2 is 1.60 bits per heavy atom. The molecular weight excluding hydrogens is 659 g/mol. The van der Waals surface area contributed by atoms with Crippen molar-refractivity contribution >= 4 is 39.4 Å². The summed E-state index contributed by atoms with van der Waals surface area (Å²) in [4.78, 5) is 69.7. The maximum atomic E-state index is 14.5. The van der Waals surface area contributed by atoms with Crippen LogP contribution in [0, 0.1) is 28.6 Å². The van der Waals surface area contributed by atoms with E-state index in [1.165, 1.54) is 11.0 Å². The van der Waals surface area contributed by atoms with Gasteiger partial charge >= 0.3 is 6.03 Å². The molecule has 13 heteroatoms. The molecule has 0 aromatic rings. The predicted octanol–water partition coefficient (Wildman–Crippen LogP) is 3.65. The van der Waals surface area contributed by atoms with Crippen LogP contribution in [0.25, 0.3) is 0 Å². The lowest BCUT2D eigenvalue weighted by atomic mass is 9.83. The molecule has 1 saturated heterocycles. The number of piperidine rings is 1. The molecule has 5 amide bonds. The Hall–Kier alpha value is -2.96. The zero-order valence-electron chi connectivity index (χ0n) is 31.4. The van der Waals surface area contributed by atoms with Gasteiger partial charge in [-0.15, -0.1) is 6.58 Å². The van der Waals surface area contributed by atoms with Gasteiger partial charge in [0.15, 0.2) is 9.84 Å². The molecule has 5 atom stereocenters. The molecule has 4 aliphatic rings. The highest BCUT2D eigenvalue weighted by atomic mass is 32.2. The number of sulfone groups is 1. The highest BCUT2D eigenvalue weighted by Gasteiger charge is 2.70. The summed E-state index contributed by atoms with van der Waals surface area (Å²) >= 11 is 0. The Balaban J connectivity index is 1.55. The van der Waals surface area contributed by atoms with Gasteiger partial charge in [-0.1, -0.05) is 79.7 Å². The second kappa shape index (κ2) is 14.6. The maximum absolute atomic E-state index is 14.5. The molecule has 1 unspecified atom stereocenters. The van der Waals surface area contributed by atoms with Gasteiger partial charge in [-0.2, -0.15) is 0 Å². The van der Waals surface area contributed by atoms with Crippen molar-refractivity contribution in [3.63, 3.8) is 0 Å². The van der Waals surface area contributed by atoms with E-state index in [-0.39, 0.29) is 35.5 Å². The number of urea groups is 1. The Bertz CT molecular complexity index is 1460. The number of rotatable bonds is 15. The van der Waals surface area contributed by atoms with Gasteiger partial charge in [-0.05, 0) is 68.1 Å². The molecule has 0 spiro atoms. The van der Waals surface area contributed by atoms with E-state index in [0.717, 1.165) is 32.1 Å². The summed E-state index contributed by atoms with van der Waals surface area (Å²) in [5, 5.41) is 11.3. The SMILES string of the molecule is C=CCNC(=O)C(=O)C(CC1CC1)NC(=O)[C@@H]1[C@@H]2[C@H](CN1C(=O)[C@@H](NC(=O)NC1(CS(=O)(=O)C(C)(C)CC)CCCCC1)C(C)(C)C)C2(C)C. The van der Waals surface area contributed by atoms with Crippen molar-refractivity contribution in [1.29, 1.82) is 0 Å². The first-order valence-electron chi connectivity index (χ1n) is 18.5. The van der Waals surface area contributed by atoms with Gasteiger partial charge in [0, 0.05) is 13.1 Å². The van der Waals surface area contributed by atoms with Crippen molar-refractivity contribution in [1.82, 2.24) is 26.2 Å². The molecule has 0 aromatic carbocycles. The summed E-state index contributed by atoms with van der Waals surface area (Å²) in [6, 6.07) is -3.54. The predicted molar refractivity (Wildman–Crippen MR) is 193 cm³/mol. The Labute approximate surface area is 299 Å². The largest absolute Gasteiger partial charge is 0.346 e. The monoisotopic (exact) mass is 719 g/mol. The molecule has 4 fully saturated rings. The van der Waals surface area contributed by atoms with Gasteiger partial charge < -0.3 is 26.2 Å². The van der Waals surface area contributed by atoms with Gasteiger partial charge in [-0.3, -0.25) is 19.2 Å². The number of nitrogens with zero attached hydrogens (tertiary/aromatic N) is 1. The van der Waals surface area contributed by atoms with Gasteiger partial charge in [-0.25, -0.2) is 13.2 Å². The van der Waals surface area contributed by atoms with Crippen molar-refractivity contribution in [3.05, 3.63) is 12.7 Å². The molecule has 12 nitrogen and oxygen atoms in total. The van der Waals surface area contributed by atoms with Crippen molar-refractivity contribution < 1.29 is 32.4 Å². The van der Waals surface area contributed by atoms with Crippen LogP contribution in [-0.4, -0.2) is 90.1 Å². The summed E-state index contributed by atoms with van der Waals surface area (Å²) in [6.07, 6.45) is 7.67. The number of Topliss-reactive ketones (excluding diaryl/α,β-unsaturated/α-hetero) is 1. The molecule has 3 aliphatic carbocycles. The van der Waals surface area contributed by atoms with E-state index in [1.54, 1.807) is 13.8 Å². The first kappa shape index (κ1) is 39.8. The van der Waals surface area contributed by atoms with Gasteiger partial charge in [0.05, 0.1) is 22.1 Å². The molecule has 4 N–H and O–H groups in total. The number of carbonyl (C=O) groups is 5. The zero-order valence-corrected chi connectivity index (χ0v) is 32.3. The Morgan fingerprint density at radius 1 is 0.980 bits per heavy atom. The molecule has 0 radical (unpaired) electrons. The van der Waals surface area contributed by atoms with Gasteiger partial charge in [0.1, 0.15) is 12.1 Å². The fraction of sp³-hybridized carbons (Fsp3) is 0.811. The molecular formula is C37H61N5O7S. The van der Waals surface area contributed by atoms with Crippen LogP contribution in [0.4, 0.5) is 4.79 Å². The number of ketones is 1. The Kier molecular flexibility index (Phi) is 11.6. The fourth-order valence-corrected chi connectivity index (χ4v) is 9.85. The second-order valence-corrected chi connectivity index (χ2v) is 20.2. The number of carbonyl (C=O) groups excluding carboxylic acids is 5. The quantitative estimate of drug-likeness (QED) is 0.148. The minimum atomic E-state index is -3.57. The van der Waals surface area contributed by atoms with E-state index >= 15 is 0 Å². The lowest BCUT2D eigenvalue weighted by Gasteiger charge is -2.41. The highest BCUT2D eigenvalue weighted by molar-refractivity contribution is 7.92. The van der Waals surface area contributed by atoms with Crippen molar-refractivity contribution in [2.45, 2.75) is 142 Å². The Morgan fingerprint density at radius 3 is 2.14 bits per heavy atom. The van der Waals surface area contributed by atoms with Crippen molar-refractivity contribution in [3.8, 4) is 0 Å². The number of hydrogen-bond donors (Lipinski definition) is 4. The topological polar surface area (TPSA) is 171 Å². The molecule has 4 rings (SSSR count). The van der Waals surface area contributed by atoms with Crippen LogP contribution in [0.5, 0.6) is 0 Å². The fourth-order valence-electron chi connectivity index (χ4n) is 7.93. The standard InChI is InChI=1S/C37H61N5O7S/c1-10-19-38-31(45)28(43)25(20-23-15-16-23)39-30(44)27-26-24(36(26,8)9)21-42(27)32(46)29(34(3,4)5)40-33(47)41-37(17-13-12-14-18-37)22-50(48,49)35(6,7)11-2/h10,23-27,29H,1,11-22H2,2-9H3,(H,38,45)(H,39,44)(H2,40,41,47)/t24-,25?,26-,27-,29+/m0/s1. The van der Waals surface area contributed by atoms with E-state index in [4.69, 9.17) is 0 Å². The maximum Gasteiger partial charge on any atom is 0.315 e. The van der Waals surface area contributed by atoms with Crippen LogP contribution in [0.15, 0.2) is 12.7 Å². The third-order valence-electron chi connectivity index (χ3n) is 12.0. The van der Waals surface area contributed by atoms with E-state index < -0.39 is 73.2 Å². The molecule has 3 saturated carbocycles. The molecule has 1 heterocycles. The lowest BCUT2D eigenvalue weighted by Crippen LogP contribution is -2.64. The first-order chi connectivity index (χ1) is 23.1. The number of nitrogens with one attached hydrogen (secondary N) is 4. The summed E-state index contributed by atoms with van der Waals surface area (Å²) < 4.78 is 26.1. The average Bonchev–Trinajstić information content (AvgIpc) is 3.88. The summed E-state index contributed by atoms with van der Waals surface area (Å²) in [5.74, 6) is -2.43. The van der Waals surface area contributed by atoms with Crippen LogP contribution >= 0.6 is 0 Å². The highest BCUT2D eigenvalue weighted by Crippen LogP contribution is 2.65. The number of hydrogen-bond acceptors (Lipinski definition) is 7. The minimum Gasteiger partial charge on any atom is -0.346 e.